The van der Waals surface area contributed by atoms with Gasteiger partial charge in [-0.3, -0.25) is 0 Å². The zero-order chi connectivity index (χ0) is 15.2. The lowest BCUT2D eigenvalue weighted by molar-refractivity contribution is 0.302. The third kappa shape index (κ3) is 4.22. The zero-order valence-electron chi connectivity index (χ0n) is 11.7. The average Bonchev–Trinajstić information content (AvgIpc) is 2.49. The maximum Gasteiger partial charge on any atom is 0.135 e. The second-order valence-corrected chi connectivity index (χ2v) is 6.22. The van der Waals surface area contributed by atoms with E-state index < -0.39 is 0 Å². The van der Waals surface area contributed by atoms with E-state index in [9.17, 15) is 0 Å². The van der Waals surface area contributed by atoms with Gasteiger partial charge in [-0.15, -0.1) is 0 Å². The molecule has 21 heavy (non-hydrogen) atoms. The molecule has 2 rings (SSSR count). The molecule has 0 atom stereocenters. The van der Waals surface area contributed by atoms with Crippen molar-refractivity contribution < 1.29 is 9.47 Å². The van der Waals surface area contributed by atoms with Crippen LogP contribution in [-0.4, -0.2) is 13.7 Å². The highest BCUT2D eigenvalue weighted by molar-refractivity contribution is 9.11. The standard InChI is InChI=1S/C16H17Br2NO2/c1-20-15-8-14(18)16(9-13(15)17)21-10-12-5-3-2-4-11(12)6-7-19/h2-5,8-9H,6-7,10,19H2,1H3. The largest absolute Gasteiger partial charge is 0.496 e. The normalized spacial score (nSPS) is 10.5. The Kier molecular flexibility index (Phi) is 6.08. The molecule has 0 saturated carbocycles. The molecule has 0 heterocycles. The van der Waals surface area contributed by atoms with E-state index in [2.05, 4.69) is 44.0 Å². The first-order valence-electron chi connectivity index (χ1n) is 6.58. The lowest BCUT2D eigenvalue weighted by atomic mass is 10.1. The summed E-state index contributed by atoms with van der Waals surface area (Å²) in [7, 11) is 1.64. The van der Waals surface area contributed by atoms with E-state index in [-0.39, 0.29) is 0 Å². The molecule has 2 aromatic carbocycles. The molecule has 2 N–H and O–H groups in total. The maximum atomic E-state index is 5.92. The maximum absolute atomic E-state index is 5.92. The van der Waals surface area contributed by atoms with E-state index in [4.69, 9.17) is 15.2 Å². The van der Waals surface area contributed by atoms with Crippen molar-refractivity contribution in [2.24, 2.45) is 5.73 Å². The summed E-state index contributed by atoms with van der Waals surface area (Å²) >= 11 is 6.96. The average molecular weight is 415 g/mol. The number of ether oxygens (including phenoxy) is 2. The Hall–Kier alpha value is -1.04. The smallest absolute Gasteiger partial charge is 0.135 e. The highest BCUT2D eigenvalue weighted by Crippen LogP contribution is 2.36. The highest BCUT2D eigenvalue weighted by atomic mass is 79.9. The van der Waals surface area contributed by atoms with Crippen LogP contribution in [0.15, 0.2) is 45.3 Å². The van der Waals surface area contributed by atoms with Gasteiger partial charge in [-0.05, 0) is 68.1 Å². The summed E-state index contributed by atoms with van der Waals surface area (Å²) in [6.45, 7) is 1.14. The number of hydrogen-bond acceptors (Lipinski definition) is 3. The van der Waals surface area contributed by atoms with Crippen LogP contribution in [0.25, 0.3) is 0 Å². The molecule has 0 radical (unpaired) electrons. The second-order valence-electron chi connectivity index (χ2n) is 4.51. The van der Waals surface area contributed by atoms with Gasteiger partial charge in [-0.2, -0.15) is 0 Å². The molecule has 0 aliphatic heterocycles. The van der Waals surface area contributed by atoms with Crippen LogP contribution in [0.4, 0.5) is 0 Å². The first-order chi connectivity index (χ1) is 10.2. The minimum Gasteiger partial charge on any atom is -0.496 e. The van der Waals surface area contributed by atoms with Gasteiger partial charge in [0.2, 0.25) is 0 Å². The zero-order valence-corrected chi connectivity index (χ0v) is 14.9. The topological polar surface area (TPSA) is 44.5 Å². The lowest BCUT2D eigenvalue weighted by Gasteiger charge is -2.13. The predicted molar refractivity (Wildman–Crippen MR) is 91.9 cm³/mol. The third-order valence-corrected chi connectivity index (χ3v) is 4.36. The molecule has 5 heteroatoms. The van der Waals surface area contributed by atoms with Crippen LogP contribution in [0.1, 0.15) is 11.1 Å². The number of nitrogens with two attached hydrogens (primary N) is 1. The van der Waals surface area contributed by atoms with Crippen molar-refractivity contribution in [3.63, 3.8) is 0 Å². The molecule has 0 unspecified atom stereocenters. The molecule has 0 bridgehead atoms. The van der Waals surface area contributed by atoms with Crippen LogP contribution in [0.2, 0.25) is 0 Å². The van der Waals surface area contributed by atoms with E-state index in [1.807, 2.05) is 24.3 Å². The number of hydrogen-bond donors (Lipinski definition) is 1. The molecule has 0 spiro atoms. The van der Waals surface area contributed by atoms with Crippen molar-refractivity contribution in [3.8, 4) is 11.5 Å². The van der Waals surface area contributed by atoms with Crippen molar-refractivity contribution in [1.82, 2.24) is 0 Å². The van der Waals surface area contributed by atoms with E-state index in [1.54, 1.807) is 7.11 Å². The predicted octanol–water partition coefficient (Wildman–Crippen LogP) is 4.30. The summed E-state index contributed by atoms with van der Waals surface area (Å²) in [6, 6.07) is 12.0. The van der Waals surface area contributed by atoms with Crippen LogP contribution in [0, 0.1) is 0 Å². The summed E-state index contributed by atoms with van der Waals surface area (Å²) in [5.41, 5.74) is 8.02. The van der Waals surface area contributed by atoms with Gasteiger partial charge in [0.05, 0.1) is 16.1 Å². The monoisotopic (exact) mass is 413 g/mol. The Morgan fingerprint density at radius 3 is 2.29 bits per heavy atom. The van der Waals surface area contributed by atoms with Crippen molar-refractivity contribution in [1.29, 1.82) is 0 Å². The van der Waals surface area contributed by atoms with Gasteiger partial charge in [-0.1, -0.05) is 24.3 Å². The van der Waals surface area contributed by atoms with Crippen molar-refractivity contribution >= 4 is 31.9 Å². The van der Waals surface area contributed by atoms with Crippen molar-refractivity contribution in [2.75, 3.05) is 13.7 Å². The molecule has 2 aromatic rings. The van der Waals surface area contributed by atoms with E-state index in [0.717, 1.165) is 32.4 Å². The summed E-state index contributed by atoms with van der Waals surface area (Å²) < 4.78 is 12.9. The highest BCUT2D eigenvalue weighted by Gasteiger charge is 2.09. The molecule has 0 saturated heterocycles. The summed E-state index contributed by atoms with van der Waals surface area (Å²) in [5.74, 6) is 1.53. The third-order valence-electron chi connectivity index (χ3n) is 3.12. The molecule has 0 aliphatic rings. The molecule has 3 nitrogen and oxygen atoms in total. The first-order valence-corrected chi connectivity index (χ1v) is 8.17. The number of rotatable bonds is 6. The van der Waals surface area contributed by atoms with Gasteiger partial charge < -0.3 is 15.2 Å². The fourth-order valence-electron chi connectivity index (χ4n) is 2.03. The fourth-order valence-corrected chi connectivity index (χ4v) is 2.95. The van der Waals surface area contributed by atoms with Crippen LogP contribution in [-0.2, 0) is 13.0 Å². The number of methoxy groups -OCH3 is 1. The lowest BCUT2D eigenvalue weighted by Crippen LogP contribution is -2.07. The van der Waals surface area contributed by atoms with Crippen LogP contribution in [0.3, 0.4) is 0 Å². The van der Waals surface area contributed by atoms with E-state index in [0.29, 0.717) is 13.2 Å². The van der Waals surface area contributed by atoms with Crippen LogP contribution >= 0.6 is 31.9 Å². The quantitative estimate of drug-likeness (QED) is 0.766. The molecule has 0 aromatic heterocycles. The van der Waals surface area contributed by atoms with Gasteiger partial charge in [0.25, 0.3) is 0 Å². The SMILES string of the molecule is COc1cc(Br)c(OCc2ccccc2CCN)cc1Br. The van der Waals surface area contributed by atoms with E-state index >= 15 is 0 Å². The number of benzene rings is 2. The Balaban J connectivity index is 2.15. The minimum atomic E-state index is 0.507. The summed E-state index contributed by atoms with van der Waals surface area (Å²) in [4.78, 5) is 0. The van der Waals surface area contributed by atoms with Crippen molar-refractivity contribution in [2.45, 2.75) is 13.0 Å². The Morgan fingerprint density at radius 2 is 1.62 bits per heavy atom. The summed E-state index contributed by atoms with van der Waals surface area (Å²) in [6.07, 6.45) is 0.854. The van der Waals surface area contributed by atoms with Gasteiger partial charge >= 0.3 is 0 Å². The van der Waals surface area contributed by atoms with Gasteiger partial charge in [0.1, 0.15) is 18.1 Å². The van der Waals surface area contributed by atoms with Gasteiger partial charge in [0.15, 0.2) is 0 Å². The molecule has 112 valence electrons. The molecule has 0 aliphatic carbocycles. The molecule has 0 fully saturated rings. The van der Waals surface area contributed by atoms with Crippen molar-refractivity contribution in [3.05, 3.63) is 56.5 Å². The fraction of sp³-hybridized carbons (Fsp3) is 0.250. The minimum absolute atomic E-state index is 0.507. The van der Waals surface area contributed by atoms with Crippen LogP contribution < -0.4 is 15.2 Å². The van der Waals surface area contributed by atoms with Gasteiger partial charge in [-0.25, -0.2) is 0 Å². The number of halogens is 2. The molecular weight excluding hydrogens is 398 g/mol. The second kappa shape index (κ2) is 7.82. The van der Waals surface area contributed by atoms with Gasteiger partial charge in [0, 0.05) is 0 Å². The van der Waals surface area contributed by atoms with Crippen LogP contribution in [0.5, 0.6) is 11.5 Å². The Morgan fingerprint density at radius 1 is 1.00 bits per heavy atom. The summed E-state index contributed by atoms with van der Waals surface area (Å²) in [5, 5.41) is 0. The Labute approximate surface area is 141 Å². The first kappa shape index (κ1) is 16.3. The Bertz CT molecular complexity index is 617. The molecular formula is C16H17Br2NO2. The molecule has 0 amide bonds. The van der Waals surface area contributed by atoms with E-state index in [1.165, 1.54) is 5.56 Å².